The SMILES string of the molecule is CCOC(=O)n1c(=O)ccn([C@@H]2O[C@](F)(COC(=O)C(C)C)[C@H]3OC(=O)O[C@@H]23)c1=O. The van der Waals surface area contributed by atoms with E-state index in [2.05, 4.69) is 4.74 Å². The topological polar surface area (TPSA) is 141 Å². The molecule has 3 heterocycles. The summed E-state index contributed by atoms with van der Waals surface area (Å²) in [4.78, 5) is 59.8. The number of halogens is 1. The molecule has 2 saturated heterocycles. The molecule has 2 aliphatic rings. The first-order valence-corrected chi connectivity index (χ1v) is 9.01. The maximum atomic E-state index is 15.5. The van der Waals surface area contributed by atoms with Crippen molar-refractivity contribution < 1.29 is 42.5 Å². The molecule has 0 unspecified atom stereocenters. The first-order chi connectivity index (χ1) is 14.1. The van der Waals surface area contributed by atoms with E-state index in [0.717, 1.165) is 12.3 Å². The Morgan fingerprint density at radius 3 is 2.57 bits per heavy atom. The fourth-order valence-corrected chi connectivity index (χ4v) is 2.96. The van der Waals surface area contributed by atoms with E-state index in [1.807, 2.05) is 0 Å². The van der Waals surface area contributed by atoms with Crippen LogP contribution in [-0.4, -0.2) is 58.6 Å². The number of hydrogen-bond acceptors (Lipinski definition) is 10. The minimum absolute atomic E-state index is 0.107. The predicted octanol–water partition coefficient (Wildman–Crippen LogP) is 0.312. The summed E-state index contributed by atoms with van der Waals surface area (Å²) >= 11 is 0. The van der Waals surface area contributed by atoms with Crippen LogP contribution in [0.1, 0.15) is 27.0 Å². The van der Waals surface area contributed by atoms with Crippen molar-refractivity contribution in [3.8, 4) is 0 Å². The molecule has 13 heteroatoms. The van der Waals surface area contributed by atoms with Crippen LogP contribution in [0.25, 0.3) is 0 Å². The van der Waals surface area contributed by atoms with Gasteiger partial charge >= 0.3 is 23.9 Å². The van der Waals surface area contributed by atoms with Crippen LogP contribution in [0.3, 0.4) is 0 Å². The summed E-state index contributed by atoms with van der Waals surface area (Å²) in [6.45, 7) is 3.49. The highest BCUT2D eigenvalue weighted by Gasteiger charge is 2.65. The second kappa shape index (κ2) is 7.89. The largest absolute Gasteiger partial charge is 0.509 e. The molecule has 1 aromatic rings. The molecule has 0 saturated carbocycles. The van der Waals surface area contributed by atoms with Gasteiger partial charge in [-0.15, -0.1) is 0 Å². The molecule has 0 bridgehead atoms. The highest BCUT2D eigenvalue weighted by atomic mass is 19.2. The van der Waals surface area contributed by atoms with E-state index in [0.29, 0.717) is 4.57 Å². The molecule has 0 aliphatic carbocycles. The molecule has 0 amide bonds. The van der Waals surface area contributed by atoms with Gasteiger partial charge in [0.25, 0.3) is 11.4 Å². The molecule has 164 valence electrons. The van der Waals surface area contributed by atoms with Crippen LogP contribution < -0.4 is 11.2 Å². The van der Waals surface area contributed by atoms with Gasteiger partial charge < -0.3 is 23.7 Å². The average molecular weight is 430 g/mol. The van der Waals surface area contributed by atoms with Gasteiger partial charge in [0.1, 0.15) is 0 Å². The second-order valence-electron chi connectivity index (χ2n) is 6.81. The van der Waals surface area contributed by atoms with Gasteiger partial charge in [0, 0.05) is 12.3 Å². The Kier molecular flexibility index (Phi) is 5.65. The minimum atomic E-state index is -2.84. The zero-order chi connectivity index (χ0) is 22.2. The number of aromatic nitrogens is 2. The van der Waals surface area contributed by atoms with Crippen LogP contribution >= 0.6 is 0 Å². The van der Waals surface area contributed by atoms with Crippen molar-refractivity contribution in [2.24, 2.45) is 5.92 Å². The third kappa shape index (κ3) is 3.67. The third-order valence-corrected chi connectivity index (χ3v) is 4.39. The molecule has 0 aromatic carbocycles. The number of esters is 1. The number of ether oxygens (including phenoxy) is 5. The number of nitrogens with zero attached hydrogens (tertiary/aromatic N) is 2. The molecule has 12 nitrogen and oxygen atoms in total. The van der Waals surface area contributed by atoms with E-state index in [9.17, 15) is 24.0 Å². The van der Waals surface area contributed by atoms with Gasteiger partial charge in [-0.2, -0.15) is 4.57 Å². The standard InChI is InChI=1S/C17H19FN2O10/c1-4-26-15(24)20-9(21)5-6-19(14(20)23)12-10-11(29-16(25)28-10)17(18,30-12)7-27-13(22)8(2)3/h5-6,8,10-12H,4,7H2,1-3H3/t10-,11+,12-,17-/m1/s1. The summed E-state index contributed by atoms with van der Waals surface area (Å²) in [5.74, 6) is -4.12. The van der Waals surface area contributed by atoms with Gasteiger partial charge in [-0.3, -0.25) is 14.2 Å². The molecule has 2 fully saturated rings. The first-order valence-electron chi connectivity index (χ1n) is 9.01. The van der Waals surface area contributed by atoms with Gasteiger partial charge in [-0.05, 0) is 6.92 Å². The van der Waals surface area contributed by atoms with E-state index in [4.69, 9.17) is 18.9 Å². The Labute approximate surface area is 168 Å². The monoisotopic (exact) mass is 430 g/mol. The van der Waals surface area contributed by atoms with Crippen molar-refractivity contribution in [1.82, 2.24) is 9.13 Å². The van der Waals surface area contributed by atoms with Crippen molar-refractivity contribution in [1.29, 1.82) is 0 Å². The van der Waals surface area contributed by atoms with Crippen LogP contribution in [0.4, 0.5) is 14.0 Å². The number of carbonyl (C=O) groups is 3. The predicted molar refractivity (Wildman–Crippen MR) is 92.3 cm³/mol. The zero-order valence-corrected chi connectivity index (χ0v) is 16.2. The molecule has 1 aromatic heterocycles. The van der Waals surface area contributed by atoms with Crippen LogP contribution in [0.15, 0.2) is 21.9 Å². The molecular formula is C17H19FN2O10. The number of fused-ring (bicyclic) bond motifs is 1. The molecule has 0 spiro atoms. The molecule has 2 aliphatic heterocycles. The van der Waals surface area contributed by atoms with Gasteiger partial charge in [0.15, 0.2) is 18.9 Å². The lowest BCUT2D eigenvalue weighted by Gasteiger charge is -2.24. The number of rotatable bonds is 5. The third-order valence-electron chi connectivity index (χ3n) is 4.39. The lowest BCUT2D eigenvalue weighted by molar-refractivity contribution is -0.220. The van der Waals surface area contributed by atoms with Gasteiger partial charge in [0.2, 0.25) is 6.10 Å². The maximum absolute atomic E-state index is 15.5. The highest BCUT2D eigenvalue weighted by molar-refractivity contribution is 5.71. The van der Waals surface area contributed by atoms with E-state index >= 15 is 4.39 Å². The average Bonchev–Trinajstić information content (AvgIpc) is 3.18. The summed E-state index contributed by atoms with van der Waals surface area (Å²) in [6.07, 6.45) is -6.25. The van der Waals surface area contributed by atoms with Gasteiger partial charge in [0.05, 0.1) is 12.5 Å². The van der Waals surface area contributed by atoms with E-state index in [1.165, 1.54) is 20.8 Å². The first kappa shape index (κ1) is 21.5. The summed E-state index contributed by atoms with van der Waals surface area (Å²) in [7, 11) is 0. The lowest BCUT2D eigenvalue weighted by atomic mass is 10.1. The molecule has 4 atom stereocenters. The Morgan fingerprint density at radius 2 is 1.93 bits per heavy atom. The van der Waals surface area contributed by atoms with Crippen LogP contribution in [0, 0.1) is 5.92 Å². The van der Waals surface area contributed by atoms with Crippen molar-refractivity contribution in [3.05, 3.63) is 33.1 Å². The quantitative estimate of drug-likeness (QED) is 0.473. The Bertz CT molecular complexity index is 985. The van der Waals surface area contributed by atoms with Gasteiger partial charge in [-0.1, -0.05) is 13.8 Å². The summed E-state index contributed by atoms with van der Waals surface area (Å²) in [6, 6.07) is 0.853. The van der Waals surface area contributed by atoms with Gasteiger partial charge in [-0.25, -0.2) is 18.8 Å². The van der Waals surface area contributed by atoms with Crippen molar-refractivity contribution in [3.63, 3.8) is 0 Å². The normalized spacial score (nSPS) is 27.4. The van der Waals surface area contributed by atoms with Crippen LogP contribution in [0.2, 0.25) is 0 Å². The number of carbonyl (C=O) groups excluding carboxylic acids is 3. The zero-order valence-electron chi connectivity index (χ0n) is 16.2. The smallest absolute Gasteiger partial charge is 0.459 e. The fourth-order valence-electron chi connectivity index (χ4n) is 2.96. The number of hydrogen-bond donors (Lipinski definition) is 0. The molecule has 30 heavy (non-hydrogen) atoms. The molecule has 0 N–H and O–H groups in total. The van der Waals surface area contributed by atoms with Crippen LogP contribution in [0.5, 0.6) is 0 Å². The summed E-state index contributed by atoms with van der Waals surface area (Å²) in [5.41, 5.74) is -2.20. The molecular weight excluding hydrogens is 411 g/mol. The molecule has 0 radical (unpaired) electrons. The van der Waals surface area contributed by atoms with Crippen molar-refractivity contribution in [2.75, 3.05) is 13.2 Å². The maximum Gasteiger partial charge on any atom is 0.509 e. The van der Waals surface area contributed by atoms with Crippen LogP contribution in [-0.2, 0) is 28.5 Å². The van der Waals surface area contributed by atoms with E-state index < -0.39 is 66.3 Å². The lowest BCUT2D eigenvalue weighted by Crippen LogP contribution is -2.46. The summed E-state index contributed by atoms with van der Waals surface area (Å²) in [5, 5.41) is 0. The van der Waals surface area contributed by atoms with E-state index in [-0.39, 0.29) is 11.2 Å². The summed E-state index contributed by atoms with van der Waals surface area (Å²) < 4.78 is 40.8. The van der Waals surface area contributed by atoms with Crippen molar-refractivity contribution >= 4 is 18.2 Å². The van der Waals surface area contributed by atoms with E-state index in [1.54, 1.807) is 0 Å². The Balaban J connectivity index is 1.97. The Hall–Kier alpha value is -3.22. The Morgan fingerprint density at radius 1 is 1.23 bits per heavy atom. The fraction of sp³-hybridized carbons (Fsp3) is 0.588. The number of alkyl halides is 1. The highest BCUT2D eigenvalue weighted by Crippen LogP contribution is 2.44. The molecule has 3 rings (SSSR count). The second-order valence-corrected chi connectivity index (χ2v) is 6.81. The minimum Gasteiger partial charge on any atom is -0.459 e. The van der Waals surface area contributed by atoms with Crippen molar-refractivity contribution in [2.45, 2.75) is 45.1 Å².